The smallest absolute Gasteiger partial charge is 0.201 e. The largest absolute Gasteiger partial charge is 0.212 e. The van der Waals surface area contributed by atoms with E-state index >= 15 is 0 Å². The summed E-state index contributed by atoms with van der Waals surface area (Å²) in [7, 11) is 2.11. The molecule has 0 atom stereocenters. The van der Waals surface area contributed by atoms with E-state index in [9.17, 15) is 0 Å². The summed E-state index contributed by atoms with van der Waals surface area (Å²) in [6.07, 6.45) is 3.17. The summed E-state index contributed by atoms with van der Waals surface area (Å²) >= 11 is 0. The molecule has 1 aromatic heterocycles. The van der Waals surface area contributed by atoms with Gasteiger partial charge < -0.3 is 0 Å². The third-order valence-corrected chi connectivity index (χ3v) is 4.55. The molecule has 0 fully saturated rings. The number of hydrogen-bond donors (Lipinski definition) is 0. The molecular weight excluding hydrogens is 254 g/mol. The van der Waals surface area contributed by atoms with Gasteiger partial charge in [0.2, 0.25) is 5.69 Å². The second-order valence-corrected chi connectivity index (χ2v) is 5.80. The van der Waals surface area contributed by atoms with Crippen LogP contribution >= 0.6 is 0 Å². The van der Waals surface area contributed by atoms with Crippen molar-refractivity contribution in [3.05, 3.63) is 77.5 Å². The number of pyridine rings is 1. The van der Waals surface area contributed by atoms with Crippen LogP contribution in [0.15, 0.2) is 60.8 Å². The van der Waals surface area contributed by atoms with Gasteiger partial charge in [-0.3, -0.25) is 0 Å². The van der Waals surface area contributed by atoms with Crippen molar-refractivity contribution >= 4 is 0 Å². The molecule has 0 unspecified atom stereocenters. The zero-order chi connectivity index (χ0) is 14.4. The lowest BCUT2D eigenvalue weighted by Gasteiger charge is -2.10. The summed E-state index contributed by atoms with van der Waals surface area (Å²) in [5.41, 5.74) is 9.73. The molecule has 21 heavy (non-hydrogen) atoms. The average molecular weight is 272 g/mol. The summed E-state index contributed by atoms with van der Waals surface area (Å²) in [6.45, 7) is 2.25. The molecule has 1 aliphatic carbocycles. The van der Waals surface area contributed by atoms with Crippen LogP contribution in [0.25, 0.3) is 22.4 Å². The molecule has 2 aromatic carbocycles. The minimum absolute atomic E-state index is 1.06. The second kappa shape index (κ2) is 4.56. The van der Waals surface area contributed by atoms with Crippen LogP contribution in [0.2, 0.25) is 0 Å². The average Bonchev–Trinajstić information content (AvgIpc) is 2.88. The summed E-state index contributed by atoms with van der Waals surface area (Å²) < 4.78 is 2.19. The van der Waals surface area contributed by atoms with Gasteiger partial charge in [0, 0.05) is 17.7 Å². The molecule has 1 aliphatic rings. The highest BCUT2D eigenvalue weighted by atomic mass is 14.9. The minimum atomic E-state index is 1.06. The summed E-state index contributed by atoms with van der Waals surface area (Å²) in [6, 6.07) is 19.7. The summed E-state index contributed by atoms with van der Waals surface area (Å²) in [5, 5.41) is 0. The molecule has 0 amide bonds. The van der Waals surface area contributed by atoms with Gasteiger partial charge in [-0.05, 0) is 53.3 Å². The van der Waals surface area contributed by atoms with Gasteiger partial charge in [0.1, 0.15) is 7.05 Å². The zero-order valence-electron chi connectivity index (χ0n) is 12.4. The van der Waals surface area contributed by atoms with Crippen LogP contribution in [0.1, 0.15) is 16.7 Å². The molecule has 0 bridgehead atoms. The third kappa shape index (κ3) is 1.81. The lowest BCUT2D eigenvalue weighted by molar-refractivity contribution is -0.660. The maximum Gasteiger partial charge on any atom is 0.212 e. The fourth-order valence-corrected chi connectivity index (χ4v) is 3.49. The van der Waals surface area contributed by atoms with Crippen molar-refractivity contribution in [3.63, 3.8) is 0 Å². The molecule has 1 nitrogen and oxygen atoms in total. The van der Waals surface area contributed by atoms with Gasteiger partial charge in [-0.1, -0.05) is 30.3 Å². The Morgan fingerprint density at radius 1 is 0.810 bits per heavy atom. The van der Waals surface area contributed by atoms with Gasteiger partial charge in [0.05, 0.1) is 0 Å². The van der Waals surface area contributed by atoms with Crippen LogP contribution in [0.3, 0.4) is 0 Å². The lowest BCUT2D eigenvalue weighted by Crippen LogP contribution is -2.30. The highest BCUT2D eigenvalue weighted by Crippen LogP contribution is 2.41. The Morgan fingerprint density at radius 3 is 2.48 bits per heavy atom. The molecule has 1 heteroatoms. The highest BCUT2D eigenvalue weighted by Gasteiger charge is 2.23. The van der Waals surface area contributed by atoms with Crippen molar-refractivity contribution in [2.45, 2.75) is 13.3 Å². The molecule has 0 N–H and O–H groups in total. The number of benzene rings is 2. The first-order valence-corrected chi connectivity index (χ1v) is 7.41. The Morgan fingerprint density at radius 2 is 1.62 bits per heavy atom. The van der Waals surface area contributed by atoms with Crippen LogP contribution in [0.4, 0.5) is 0 Å². The van der Waals surface area contributed by atoms with Crippen molar-refractivity contribution in [1.29, 1.82) is 0 Å². The van der Waals surface area contributed by atoms with Crippen LogP contribution in [0, 0.1) is 6.92 Å². The standard InChI is InChI=1S/C20H18N/c1-14-17(19-9-5-6-12-21(19)2)11-10-16-13-15-7-3-4-8-18(15)20(14)16/h3-12H,13H2,1-2H3/q+1. The third-order valence-electron chi connectivity index (χ3n) is 4.55. The van der Waals surface area contributed by atoms with E-state index in [2.05, 4.69) is 79.3 Å². The van der Waals surface area contributed by atoms with E-state index in [0.29, 0.717) is 0 Å². The molecule has 1 heterocycles. The first-order valence-electron chi connectivity index (χ1n) is 7.41. The van der Waals surface area contributed by atoms with Gasteiger partial charge in [-0.25, -0.2) is 4.57 Å². The normalized spacial score (nSPS) is 12.1. The van der Waals surface area contributed by atoms with Crippen LogP contribution in [-0.4, -0.2) is 0 Å². The van der Waals surface area contributed by atoms with E-state index in [4.69, 9.17) is 0 Å². The summed E-state index contributed by atoms with van der Waals surface area (Å²) in [5.74, 6) is 0. The van der Waals surface area contributed by atoms with Crippen LogP contribution < -0.4 is 4.57 Å². The Bertz CT molecular complexity index is 846. The van der Waals surface area contributed by atoms with Gasteiger partial charge in [-0.2, -0.15) is 0 Å². The fourth-order valence-electron chi connectivity index (χ4n) is 3.49. The molecular formula is C20H18N+. The van der Waals surface area contributed by atoms with E-state index in [1.165, 1.54) is 39.1 Å². The molecule has 0 spiro atoms. The maximum atomic E-state index is 2.30. The molecule has 4 rings (SSSR count). The number of rotatable bonds is 1. The fraction of sp³-hybridized carbons (Fsp3) is 0.150. The quantitative estimate of drug-likeness (QED) is 0.460. The van der Waals surface area contributed by atoms with Gasteiger partial charge >= 0.3 is 0 Å². The Kier molecular flexibility index (Phi) is 2.68. The van der Waals surface area contributed by atoms with Crippen molar-refractivity contribution in [2.75, 3.05) is 0 Å². The SMILES string of the molecule is Cc1c(-c2cccc[n+]2C)ccc2c1-c1ccccc1C2. The van der Waals surface area contributed by atoms with E-state index in [0.717, 1.165) is 6.42 Å². The zero-order valence-corrected chi connectivity index (χ0v) is 12.4. The van der Waals surface area contributed by atoms with Crippen molar-refractivity contribution in [2.24, 2.45) is 7.05 Å². The Hall–Kier alpha value is -2.41. The monoisotopic (exact) mass is 272 g/mol. The summed E-state index contributed by atoms with van der Waals surface area (Å²) in [4.78, 5) is 0. The van der Waals surface area contributed by atoms with Crippen LogP contribution in [0.5, 0.6) is 0 Å². The lowest BCUT2D eigenvalue weighted by atomic mass is 9.94. The van der Waals surface area contributed by atoms with Crippen molar-refractivity contribution in [3.8, 4) is 22.4 Å². The minimum Gasteiger partial charge on any atom is -0.201 e. The van der Waals surface area contributed by atoms with Gasteiger partial charge in [0.15, 0.2) is 6.20 Å². The van der Waals surface area contributed by atoms with E-state index in [1.54, 1.807) is 0 Å². The topological polar surface area (TPSA) is 3.88 Å². The predicted octanol–water partition coefficient (Wildman–Crippen LogP) is 4.06. The molecule has 0 saturated carbocycles. The van der Waals surface area contributed by atoms with Gasteiger partial charge in [0.25, 0.3) is 0 Å². The Balaban J connectivity index is 1.98. The number of nitrogens with zero attached hydrogens (tertiary/aromatic N) is 1. The number of hydrogen-bond acceptors (Lipinski definition) is 0. The van der Waals surface area contributed by atoms with Crippen molar-refractivity contribution < 1.29 is 4.57 Å². The van der Waals surface area contributed by atoms with E-state index in [-0.39, 0.29) is 0 Å². The first kappa shape index (κ1) is 12.3. The second-order valence-electron chi connectivity index (χ2n) is 5.80. The number of fused-ring (bicyclic) bond motifs is 3. The van der Waals surface area contributed by atoms with E-state index < -0.39 is 0 Å². The van der Waals surface area contributed by atoms with Crippen molar-refractivity contribution in [1.82, 2.24) is 0 Å². The number of aryl methyl sites for hydroxylation is 1. The first-order chi connectivity index (χ1) is 10.3. The van der Waals surface area contributed by atoms with Crippen LogP contribution in [-0.2, 0) is 13.5 Å². The molecule has 102 valence electrons. The Labute approximate surface area is 125 Å². The molecule has 3 aromatic rings. The maximum absolute atomic E-state index is 2.30. The predicted molar refractivity (Wildman–Crippen MR) is 86.0 cm³/mol. The molecule has 0 radical (unpaired) electrons. The van der Waals surface area contributed by atoms with Gasteiger partial charge in [-0.15, -0.1) is 0 Å². The van der Waals surface area contributed by atoms with E-state index in [1.807, 2.05) is 0 Å². The molecule has 0 saturated heterocycles. The molecule has 0 aliphatic heterocycles. The highest BCUT2D eigenvalue weighted by molar-refractivity contribution is 5.84. The number of aromatic nitrogens is 1.